The summed E-state index contributed by atoms with van der Waals surface area (Å²) in [6.07, 6.45) is -1.04. The van der Waals surface area contributed by atoms with E-state index < -0.39 is 47.2 Å². The van der Waals surface area contributed by atoms with Gasteiger partial charge in [-0.05, 0) is 32.0 Å². The fourth-order valence-corrected chi connectivity index (χ4v) is 4.93. The first-order valence-electron chi connectivity index (χ1n) is 12.5. The number of aromatic nitrogens is 2. The minimum absolute atomic E-state index is 0.0139. The number of amides is 2. The van der Waals surface area contributed by atoms with Crippen molar-refractivity contribution >= 4 is 11.8 Å². The van der Waals surface area contributed by atoms with E-state index in [0.29, 0.717) is 18.9 Å². The minimum Gasteiger partial charge on any atom is -0.384 e. The highest BCUT2D eigenvalue weighted by molar-refractivity contribution is 5.81. The summed E-state index contributed by atoms with van der Waals surface area (Å²) >= 11 is 0. The van der Waals surface area contributed by atoms with E-state index in [1.807, 2.05) is 6.92 Å². The Hall–Kier alpha value is -2.92. The van der Waals surface area contributed by atoms with Gasteiger partial charge in [0, 0.05) is 62.7 Å². The number of hydrogen-bond acceptors (Lipinski definition) is 5. The molecule has 37 heavy (non-hydrogen) atoms. The molecule has 1 aromatic carbocycles. The zero-order valence-corrected chi connectivity index (χ0v) is 21.9. The molecule has 0 bridgehead atoms. The summed E-state index contributed by atoms with van der Waals surface area (Å²) in [5, 5.41) is 15.9. The van der Waals surface area contributed by atoms with Gasteiger partial charge in [0.25, 0.3) is 5.91 Å². The van der Waals surface area contributed by atoms with Gasteiger partial charge in [0.1, 0.15) is 29.7 Å². The van der Waals surface area contributed by atoms with Crippen LogP contribution in [0.2, 0.25) is 0 Å². The maximum absolute atomic E-state index is 14.7. The van der Waals surface area contributed by atoms with Crippen LogP contribution in [0.15, 0.2) is 24.4 Å². The molecule has 0 saturated carbocycles. The predicted molar refractivity (Wildman–Crippen MR) is 133 cm³/mol. The number of aryl methyl sites for hydroxylation is 1. The van der Waals surface area contributed by atoms with Crippen LogP contribution in [0.5, 0.6) is 0 Å². The van der Waals surface area contributed by atoms with Gasteiger partial charge in [-0.15, -0.1) is 0 Å². The molecule has 1 aliphatic heterocycles. The van der Waals surface area contributed by atoms with Crippen LogP contribution in [0.3, 0.4) is 0 Å². The highest BCUT2D eigenvalue weighted by atomic mass is 19.1. The summed E-state index contributed by atoms with van der Waals surface area (Å²) in [5.74, 6) is -2.43. The van der Waals surface area contributed by atoms with Gasteiger partial charge in [-0.1, -0.05) is 13.8 Å². The third-order valence-corrected chi connectivity index (χ3v) is 6.87. The minimum atomic E-state index is -1.39. The molecule has 1 aromatic heterocycles. The lowest BCUT2D eigenvalue weighted by Gasteiger charge is -2.43. The van der Waals surface area contributed by atoms with Crippen LogP contribution in [0.1, 0.15) is 46.0 Å². The van der Waals surface area contributed by atoms with Crippen LogP contribution < -0.4 is 10.6 Å². The van der Waals surface area contributed by atoms with Crippen LogP contribution >= 0.6 is 0 Å². The van der Waals surface area contributed by atoms with Gasteiger partial charge in [0.15, 0.2) is 0 Å². The van der Waals surface area contributed by atoms with Crippen molar-refractivity contribution in [3.8, 4) is 11.3 Å². The molecule has 2 amide bonds. The molecule has 1 saturated heterocycles. The Bertz CT molecular complexity index is 1120. The van der Waals surface area contributed by atoms with E-state index in [9.17, 15) is 27.9 Å². The molecule has 1 fully saturated rings. The van der Waals surface area contributed by atoms with Crippen molar-refractivity contribution in [1.29, 1.82) is 0 Å². The topological polar surface area (TPSA) is 99.5 Å². The van der Waals surface area contributed by atoms with E-state index >= 15 is 0 Å². The Labute approximate surface area is 215 Å². The number of hydrogen-bond donors (Lipinski definition) is 3. The number of nitrogens with one attached hydrogen (secondary N) is 2. The number of imidazole rings is 1. The first kappa shape index (κ1) is 28.6. The Morgan fingerprint density at radius 2 is 2.03 bits per heavy atom. The third-order valence-electron chi connectivity index (χ3n) is 6.87. The average molecular weight is 524 g/mol. The van der Waals surface area contributed by atoms with Crippen molar-refractivity contribution in [2.45, 2.75) is 59.0 Å². The molecule has 204 valence electrons. The van der Waals surface area contributed by atoms with Crippen molar-refractivity contribution in [3.05, 3.63) is 41.9 Å². The summed E-state index contributed by atoms with van der Waals surface area (Å²) in [6.45, 7) is 7.57. The summed E-state index contributed by atoms with van der Waals surface area (Å²) in [6, 6.07) is 2.17. The van der Waals surface area contributed by atoms with E-state index in [2.05, 4.69) is 15.6 Å². The molecule has 4 atom stereocenters. The van der Waals surface area contributed by atoms with Gasteiger partial charge in [-0.3, -0.25) is 9.59 Å². The molecular formula is C26H36F3N5O3. The van der Waals surface area contributed by atoms with E-state index in [1.165, 1.54) is 18.9 Å². The number of carbonyl (C=O) groups excluding carboxylic acids is 2. The van der Waals surface area contributed by atoms with Crippen molar-refractivity contribution < 1.29 is 27.9 Å². The first-order valence-corrected chi connectivity index (χ1v) is 12.5. The quantitative estimate of drug-likeness (QED) is 0.445. The zero-order valence-electron chi connectivity index (χ0n) is 21.9. The van der Waals surface area contributed by atoms with Crippen LogP contribution in [0.25, 0.3) is 11.3 Å². The van der Waals surface area contributed by atoms with E-state index in [1.54, 1.807) is 24.6 Å². The number of nitrogens with zero attached hydrogens (tertiary/aromatic N) is 3. The molecular weight excluding hydrogens is 487 g/mol. The first-order chi connectivity index (χ1) is 17.4. The number of aliphatic hydroxyl groups is 1. The largest absolute Gasteiger partial charge is 0.384 e. The Balaban J connectivity index is 2.21. The van der Waals surface area contributed by atoms with Gasteiger partial charge in [-0.25, -0.2) is 18.2 Å². The number of aliphatic hydroxyl groups excluding tert-OH is 1. The maximum atomic E-state index is 14.7. The van der Waals surface area contributed by atoms with Crippen LogP contribution in [0, 0.1) is 23.0 Å². The lowest BCUT2D eigenvalue weighted by atomic mass is 9.78. The van der Waals surface area contributed by atoms with E-state index in [-0.39, 0.29) is 36.7 Å². The van der Waals surface area contributed by atoms with E-state index in [4.69, 9.17) is 0 Å². The molecule has 2 aromatic rings. The molecule has 2 heterocycles. The molecule has 0 spiro atoms. The van der Waals surface area contributed by atoms with Gasteiger partial charge in [-0.2, -0.15) is 0 Å². The highest BCUT2D eigenvalue weighted by Gasteiger charge is 2.44. The van der Waals surface area contributed by atoms with E-state index in [0.717, 1.165) is 18.2 Å². The van der Waals surface area contributed by atoms with Gasteiger partial charge >= 0.3 is 0 Å². The second-order valence-electron chi connectivity index (χ2n) is 10.2. The number of halogens is 3. The van der Waals surface area contributed by atoms with Crippen LogP contribution in [-0.2, 0) is 16.1 Å². The van der Waals surface area contributed by atoms with Gasteiger partial charge in [0.2, 0.25) is 5.91 Å². The summed E-state index contributed by atoms with van der Waals surface area (Å²) in [4.78, 5) is 31.9. The molecule has 3 N–H and O–H groups in total. The fourth-order valence-electron chi connectivity index (χ4n) is 4.93. The lowest BCUT2D eigenvalue weighted by Crippen LogP contribution is -2.50. The number of carbonyl (C=O) groups is 2. The predicted octanol–water partition coefficient (Wildman–Crippen LogP) is 2.82. The maximum Gasteiger partial charge on any atom is 0.251 e. The SMILES string of the molecule is CCn1cc(-c2cc(F)ccc2F)nc1C(N(CC1CNCC1F)C(=O)[C@H](C)O)C(C)(C)CC(=O)NC. The summed E-state index contributed by atoms with van der Waals surface area (Å²) in [7, 11) is 1.50. The third kappa shape index (κ3) is 6.32. The second-order valence-corrected chi connectivity index (χ2v) is 10.2. The second kappa shape index (κ2) is 11.6. The van der Waals surface area contributed by atoms with Crippen molar-refractivity contribution in [2.75, 3.05) is 26.7 Å². The van der Waals surface area contributed by atoms with Crippen molar-refractivity contribution in [3.63, 3.8) is 0 Å². The summed E-state index contributed by atoms with van der Waals surface area (Å²) < 4.78 is 45.0. The summed E-state index contributed by atoms with van der Waals surface area (Å²) in [5.41, 5.74) is -0.836. The Morgan fingerprint density at radius 1 is 1.32 bits per heavy atom. The average Bonchev–Trinajstić information content (AvgIpc) is 3.44. The van der Waals surface area contributed by atoms with Crippen LogP contribution in [0.4, 0.5) is 13.2 Å². The highest BCUT2D eigenvalue weighted by Crippen LogP contribution is 2.43. The van der Waals surface area contributed by atoms with Gasteiger partial charge in [0.05, 0.1) is 11.7 Å². The fraction of sp³-hybridized carbons (Fsp3) is 0.577. The lowest BCUT2D eigenvalue weighted by molar-refractivity contribution is -0.147. The molecule has 3 unspecified atom stereocenters. The zero-order chi connectivity index (χ0) is 27.5. The number of rotatable bonds is 10. The normalized spacial score (nSPS) is 19.5. The van der Waals surface area contributed by atoms with Crippen LogP contribution in [-0.4, -0.2) is 70.3 Å². The molecule has 8 nitrogen and oxygen atoms in total. The van der Waals surface area contributed by atoms with Crippen molar-refractivity contribution in [1.82, 2.24) is 25.1 Å². The monoisotopic (exact) mass is 523 g/mol. The number of benzene rings is 1. The Morgan fingerprint density at radius 3 is 2.59 bits per heavy atom. The standard InChI is InChI=1S/C26H36F3N5O3/c1-6-33-14-21(18-9-17(27)7-8-19(18)28)32-24(33)23(26(3,4)10-22(36)30-5)34(25(37)15(2)35)13-16-11-31-12-20(16)29/h7-9,14-16,20,23,31,35H,6,10-13H2,1-5H3,(H,30,36)/t15-,16?,20?,23?/m0/s1. The Kier molecular flexibility index (Phi) is 9.01. The van der Waals surface area contributed by atoms with Crippen molar-refractivity contribution in [2.24, 2.45) is 11.3 Å². The molecule has 1 aliphatic rings. The molecule has 3 rings (SSSR count). The number of alkyl halides is 1. The van der Waals surface area contributed by atoms with Gasteiger partial charge < -0.3 is 25.2 Å². The molecule has 11 heteroatoms. The molecule has 0 aliphatic carbocycles. The smallest absolute Gasteiger partial charge is 0.251 e. The molecule has 0 radical (unpaired) electrons.